The summed E-state index contributed by atoms with van der Waals surface area (Å²) in [7, 11) is 0. The van der Waals surface area contributed by atoms with Crippen LogP contribution in [0.1, 0.15) is 35.0 Å². The Bertz CT molecular complexity index is 835. The smallest absolute Gasteiger partial charge is 0.267 e. The molecule has 0 aliphatic rings. The number of carbonyl (C=O) groups is 1. The first-order valence-corrected chi connectivity index (χ1v) is 8.61. The van der Waals surface area contributed by atoms with E-state index in [4.69, 9.17) is 0 Å². The first-order valence-electron chi connectivity index (χ1n) is 8.61. The van der Waals surface area contributed by atoms with Crippen LogP contribution in [0.25, 0.3) is 11.1 Å². The van der Waals surface area contributed by atoms with Gasteiger partial charge in [0.05, 0.1) is 0 Å². The van der Waals surface area contributed by atoms with Gasteiger partial charge in [0.1, 0.15) is 5.69 Å². The fourth-order valence-corrected chi connectivity index (χ4v) is 2.75. The normalized spacial score (nSPS) is 10.6. The Balaban J connectivity index is 1.94. The highest BCUT2D eigenvalue weighted by atomic mass is 16.1. The molecule has 0 atom stereocenters. The van der Waals surface area contributed by atoms with E-state index >= 15 is 0 Å². The van der Waals surface area contributed by atoms with Gasteiger partial charge in [0.25, 0.3) is 5.91 Å². The number of pyridine rings is 1. The number of aromatic nitrogens is 2. The third-order valence-corrected chi connectivity index (χ3v) is 4.15. The Labute approximate surface area is 148 Å². The highest BCUT2D eigenvalue weighted by molar-refractivity contribution is 5.94. The van der Waals surface area contributed by atoms with Crippen molar-refractivity contribution in [1.82, 2.24) is 14.9 Å². The lowest BCUT2D eigenvalue weighted by molar-refractivity contribution is 0.0945. The summed E-state index contributed by atoms with van der Waals surface area (Å²) in [6.45, 7) is 5.47. The minimum atomic E-state index is -0.0331. The number of amides is 1. The molecule has 1 aromatic carbocycles. The van der Waals surface area contributed by atoms with Gasteiger partial charge in [-0.15, -0.1) is 0 Å². The summed E-state index contributed by atoms with van der Waals surface area (Å²) >= 11 is 0. The molecule has 0 bridgehead atoms. The van der Waals surface area contributed by atoms with E-state index in [9.17, 15) is 4.79 Å². The molecule has 0 spiro atoms. The summed E-state index contributed by atoms with van der Waals surface area (Å²) in [6, 6.07) is 14.3. The average Bonchev–Trinajstić information content (AvgIpc) is 3.06. The Kier molecular flexibility index (Phi) is 5.29. The number of hydrogen-bond donors (Lipinski definition) is 1. The van der Waals surface area contributed by atoms with Crippen LogP contribution in [0.4, 0.5) is 0 Å². The van der Waals surface area contributed by atoms with E-state index in [1.165, 1.54) is 11.1 Å². The molecule has 128 valence electrons. The van der Waals surface area contributed by atoms with Crippen molar-refractivity contribution in [2.75, 3.05) is 6.54 Å². The van der Waals surface area contributed by atoms with Gasteiger partial charge < -0.3 is 9.88 Å². The quantitative estimate of drug-likeness (QED) is 0.740. The number of nitrogens with zero attached hydrogens (tertiary/aromatic N) is 2. The molecule has 3 rings (SSSR count). The first-order chi connectivity index (χ1) is 12.2. The fourth-order valence-electron chi connectivity index (χ4n) is 2.75. The molecule has 0 saturated carbocycles. The molecule has 1 N–H and O–H groups in total. The number of benzene rings is 1. The molecule has 1 amide bonds. The van der Waals surface area contributed by atoms with E-state index in [1.807, 2.05) is 35.9 Å². The van der Waals surface area contributed by atoms with Crippen LogP contribution in [0.2, 0.25) is 0 Å². The summed E-state index contributed by atoms with van der Waals surface area (Å²) in [6.07, 6.45) is 6.49. The Morgan fingerprint density at radius 2 is 1.80 bits per heavy atom. The van der Waals surface area contributed by atoms with Crippen molar-refractivity contribution in [3.8, 4) is 11.1 Å². The van der Waals surface area contributed by atoms with Crippen LogP contribution >= 0.6 is 0 Å². The van der Waals surface area contributed by atoms with E-state index < -0.39 is 0 Å². The topological polar surface area (TPSA) is 46.9 Å². The minimum Gasteiger partial charge on any atom is -0.351 e. The van der Waals surface area contributed by atoms with Crippen molar-refractivity contribution >= 4 is 5.91 Å². The van der Waals surface area contributed by atoms with E-state index in [0.717, 1.165) is 17.5 Å². The molecule has 0 aliphatic heterocycles. The Morgan fingerprint density at radius 1 is 1.08 bits per heavy atom. The molecular weight excluding hydrogens is 310 g/mol. The van der Waals surface area contributed by atoms with E-state index in [1.54, 1.807) is 12.4 Å². The van der Waals surface area contributed by atoms with Crippen LogP contribution in [0, 0.1) is 6.92 Å². The number of hydrogen-bond acceptors (Lipinski definition) is 2. The summed E-state index contributed by atoms with van der Waals surface area (Å²) < 4.78 is 2.02. The molecule has 2 aromatic heterocycles. The van der Waals surface area contributed by atoms with Gasteiger partial charge in [-0.3, -0.25) is 9.78 Å². The van der Waals surface area contributed by atoms with Crippen LogP contribution in [-0.4, -0.2) is 22.0 Å². The van der Waals surface area contributed by atoms with Crippen LogP contribution in [0.15, 0.2) is 61.1 Å². The fraction of sp³-hybridized carbons (Fsp3) is 0.238. The molecule has 0 unspecified atom stereocenters. The Morgan fingerprint density at radius 3 is 2.48 bits per heavy atom. The predicted octanol–water partition coefficient (Wildman–Crippen LogP) is 4.05. The molecule has 0 aliphatic carbocycles. The SMILES string of the molecule is CCCNC(=O)c1cc(-c2ccncc2)cn1Cc1ccc(C)cc1. The molecule has 25 heavy (non-hydrogen) atoms. The maximum atomic E-state index is 12.6. The summed E-state index contributed by atoms with van der Waals surface area (Å²) in [5.74, 6) is -0.0331. The molecule has 3 aromatic rings. The second-order valence-electron chi connectivity index (χ2n) is 6.22. The number of carbonyl (C=O) groups excluding carboxylic acids is 1. The lowest BCUT2D eigenvalue weighted by Gasteiger charge is -2.09. The maximum Gasteiger partial charge on any atom is 0.267 e. The number of rotatable bonds is 6. The van der Waals surface area contributed by atoms with Crippen molar-refractivity contribution in [2.24, 2.45) is 0 Å². The largest absolute Gasteiger partial charge is 0.351 e. The van der Waals surface area contributed by atoms with E-state index in [-0.39, 0.29) is 5.91 Å². The minimum absolute atomic E-state index is 0.0331. The van der Waals surface area contributed by atoms with Crippen molar-refractivity contribution in [1.29, 1.82) is 0 Å². The first kappa shape index (κ1) is 17.0. The molecule has 2 heterocycles. The highest BCUT2D eigenvalue weighted by Crippen LogP contribution is 2.22. The maximum absolute atomic E-state index is 12.6. The van der Waals surface area contributed by atoms with Gasteiger partial charge in [-0.05, 0) is 42.7 Å². The van der Waals surface area contributed by atoms with Crippen LogP contribution in [-0.2, 0) is 6.54 Å². The van der Waals surface area contributed by atoms with Gasteiger partial charge in [-0.25, -0.2) is 0 Å². The molecule has 4 nitrogen and oxygen atoms in total. The van der Waals surface area contributed by atoms with Gasteiger partial charge in [0.15, 0.2) is 0 Å². The van der Waals surface area contributed by atoms with Crippen molar-refractivity contribution in [3.63, 3.8) is 0 Å². The van der Waals surface area contributed by atoms with E-state index in [2.05, 4.69) is 41.5 Å². The monoisotopic (exact) mass is 333 g/mol. The van der Waals surface area contributed by atoms with Crippen molar-refractivity contribution in [3.05, 3.63) is 77.9 Å². The summed E-state index contributed by atoms with van der Waals surface area (Å²) in [5, 5.41) is 2.98. The zero-order valence-electron chi connectivity index (χ0n) is 14.7. The Hall–Kier alpha value is -2.88. The van der Waals surface area contributed by atoms with Crippen LogP contribution in [0.5, 0.6) is 0 Å². The number of aryl methyl sites for hydroxylation is 1. The summed E-state index contributed by atoms with van der Waals surface area (Å²) in [5.41, 5.74) is 5.17. The zero-order valence-corrected chi connectivity index (χ0v) is 14.7. The molecule has 0 radical (unpaired) electrons. The van der Waals surface area contributed by atoms with Crippen molar-refractivity contribution in [2.45, 2.75) is 26.8 Å². The van der Waals surface area contributed by atoms with Crippen LogP contribution in [0.3, 0.4) is 0 Å². The van der Waals surface area contributed by atoms with E-state index in [0.29, 0.717) is 18.8 Å². The lowest BCUT2D eigenvalue weighted by atomic mass is 10.1. The third kappa shape index (κ3) is 4.15. The molecular formula is C21H23N3O. The van der Waals surface area contributed by atoms with Gasteiger partial charge >= 0.3 is 0 Å². The van der Waals surface area contributed by atoms with Gasteiger partial charge in [0, 0.05) is 37.2 Å². The highest BCUT2D eigenvalue weighted by Gasteiger charge is 2.14. The van der Waals surface area contributed by atoms with Gasteiger partial charge in [0.2, 0.25) is 0 Å². The van der Waals surface area contributed by atoms with Crippen LogP contribution < -0.4 is 5.32 Å². The molecule has 4 heteroatoms. The van der Waals surface area contributed by atoms with Gasteiger partial charge in [-0.1, -0.05) is 36.8 Å². The summed E-state index contributed by atoms with van der Waals surface area (Å²) in [4.78, 5) is 16.6. The molecule has 0 saturated heterocycles. The van der Waals surface area contributed by atoms with Gasteiger partial charge in [-0.2, -0.15) is 0 Å². The molecule has 0 fully saturated rings. The number of nitrogens with one attached hydrogen (secondary N) is 1. The third-order valence-electron chi connectivity index (χ3n) is 4.15. The standard InChI is InChI=1S/C21H23N3O/c1-3-10-23-21(25)20-13-19(18-8-11-22-12-9-18)15-24(20)14-17-6-4-16(2)5-7-17/h4-9,11-13,15H,3,10,14H2,1-2H3,(H,23,25). The average molecular weight is 333 g/mol. The van der Waals surface area contributed by atoms with Crippen molar-refractivity contribution < 1.29 is 4.79 Å². The second kappa shape index (κ2) is 7.79. The predicted molar refractivity (Wildman–Crippen MR) is 101 cm³/mol. The second-order valence-corrected chi connectivity index (χ2v) is 6.22. The zero-order chi connectivity index (χ0) is 17.6. The lowest BCUT2D eigenvalue weighted by Crippen LogP contribution is -2.26.